The molecule has 2 amide bonds. The van der Waals surface area contributed by atoms with Crippen LogP contribution in [0, 0.1) is 0 Å². The van der Waals surface area contributed by atoms with E-state index in [1.807, 2.05) is 0 Å². The van der Waals surface area contributed by atoms with Crippen LogP contribution in [0.15, 0.2) is 18.2 Å². The third kappa shape index (κ3) is 4.35. The molecule has 3 rings (SSSR count). The number of fused-ring (bicyclic) bond motifs is 1. The quantitative estimate of drug-likeness (QED) is 0.849. The van der Waals surface area contributed by atoms with Crippen molar-refractivity contribution in [1.82, 2.24) is 15.5 Å². The fourth-order valence-electron chi connectivity index (χ4n) is 3.72. The second-order valence-electron chi connectivity index (χ2n) is 6.92. The molecule has 5 heteroatoms. The monoisotopic (exact) mass is 329 g/mol. The number of rotatable bonds is 5. The van der Waals surface area contributed by atoms with Crippen molar-refractivity contribution in [3.63, 3.8) is 0 Å². The third-order valence-corrected chi connectivity index (χ3v) is 5.13. The molecule has 1 heterocycles. The molecule has 0 aromatic heterocycles. The van der Waals surface area contributed by atoms with Crippen molar-refractivity contribution in [3.8, 4) is 0 Å². The lowest BCUT2D eigenvalue weighted by Crippen LogP contribution is -2.47. The van der Waals surface area contributed by atoms with Gasteiger partial charge < -0.3 is 10.6 Å². The van der Waals surface area contributed by atoms with Crippen LogP contribution >= 0.6 is 0 Å². The van der Waals surface area contributed by atoms with Crippen LogP contribution in [0.1, 0.15) is 36.0 Å². The predicted octanol–water partition coefficient (Wildman–Crippen LogP) is 1.04. The van der Waals surface area contributed by atoms with Gasteiger partial charge in [0.1, 0.15) is 0 Å². The maximum absolute atomic E-state index is 12.3. The molecule has 1 aromatic rings. The highest BCUT2D eigenvalue weighted by atomic mass is 16.2. The van der Waals surface area contributed by atoms with E-state index in [0.29, 0.717) is 13.0 Å². The fraction of sp³-hybridized carbons (Fsp3) is 0.579. The average Bonchev–Trinajstić information content (AvgIpc) is 3.04. The van der Waals surface area contributed by atoms with Gasteiger partial charge >= 0.3 is 0 Å². The Labute approximate surface area is 143 Å². The maximum atomic E-state index is 12.3. The Morgan fingerprint density at radius 3 is 2.62 bits per heavy atom. The largest absolute Gasteiger partial charge is 0.358 e. The molecule has 5 nitrogen and oxygen atoms in total. The Morgan fingerprint density at radius 1 is 1.12 bits per heavy atom. The molecule has 1 fully saturated rings. The van der Waals surface area contributed by atoms with Gasteiger partial charge in [0.05, 0.1) is 13.0 Å². The van der Waals surface area contributed by atoms with Gasteiger partial charge in [-0.2, -0.15) is 0 Å². The number of piperidine rings is 1. The molecule has 0 atom stereocenters. The molecule has 130 valence electrons. The summed E-state index contributed by atoms with van der Waals surface area (Å²) in [6.07, 6.45) is 5.84. The van der Waals surface area contributed by atoms with Crippen molar-refractivity contribution in [2.24, 2.45) is 0 Å². The van der Waals surface area contributed by atoms with Gasteiger partial charge in [-0.15, -0.1) is 0 Å². The molecule has 1 aliphatic heterocycles. The Balaban J connectivity index is 1.44. The van der Waals surface area contributed by atoms with Gasteiger partial charge in [-0.3, -0.25) is 14.5 Å². The maximum Gasteiger partial charge on any atom is 0.233 e. The molecule has 2 aliphatic rings. The smallest absolute Gasteiger partial charge is 0.233 e. The minimum Gasteiger partial charge on any atom is -0.358 e. The van der Waals surface area contributed by atoms with E-state index in [-0.39, 0.29) is 17.9 Å². The summed E-state index contributed by atoms with van der Waals surface area (Å²) in [6.45, 7) is 2.17. The number of carbonyl (C=O) groups excluding carboxylic acids is 2. The summed E-state index contributed by atoms with van der Waals surface area (Å²) in [5.74, 6) is 0.159. The van der Waals surface area contributed by atoms with Gasteiger partial charge in [-0.05, 0) is 48.8 Å². The van der Waals surface area contributed by atoms with Crippen LogP contribution in [-0.4, -0.2) is 49.4 Å². The normalized spacial score (nSPS) is 18.2. The van der Waals surface area contributed by atoms with E-state index in [4.69, 9.17) is 0 Å². The van der Waals surface area contributed by atoms with Crippen molar-refractivity contribution < 1.29 is 9.59 Å². The number of carbonyl (C=O) groups is 2. The average molecular weight is 329 g/mol. The number of likely N-dealkylation sites (tertiary alicyclic amines) is 1. The first kappa shape index (κ1) is 17.0. The zero-order valence-electron chi connectivity index (χ0n) is 14.4. The van der Waals surface area contributed by atoms with E-state index in [1.165, 1.54) is 24.0 Å². The summed E-state index contributed by atoms with van der Waals surface area (Å²) < 4.78 is 0. The highest BCUT2D eigenvalue weighted by molar-refractivity contribution is 5.79. The molecule has 0 bridgehead atoms. The lowest BCUT2D eigenvalue weighted by Gasteiger charge is -2.31. The molecule has 1 aliphatic carbocycles. The van der Waals surface area contributed by atoms with Crippen molar-refractivity contribution in [3.05, 3.63) is 34.9 Å². The molecule has 0 radical (unpaired) electrons. The van der Waals surface area contributed by atoms with Gasteiger partial charge in [0, 0.05) is 26.2 Å². The minimum atomic E-state index is 0.0501. The van der Waals surface area contributed by atoms with Crippen LogP contribution in [0.25, 0.3) is 0 Å². The van der Waals surface area contributed by atoms with Crippen LogP contribution < -0.4 is 10.6 Å². The van der Waals surface area contributed by atoms with Crippen molar-refractivity contribution in [2.45, 2.75) is 44.6 Å². The highest BCUT2D eigenvalue weighted by Crippen LogP contribution is 2.23. The number of likely N-dealkylation sites (N-methyl/N-ethyl adjacent to an activating group) is 1. The molecule has 2 N–H and O–H groups in total. The summed E-state index contributed by atoms with van der Waals surface area (Å²) in [5, 5.41) is 5.81. The van der Waals surface area contributed by atoms with Crippen LogP contribution in [0.3, 0.4) is 0 Å². The zero-order valence-corrected chi connectivity index (χ0v) is 14.4. The van der Waals surface area contributed by atoms with E-state index in [2.05, 4.69) is 33.7 Å². The number of nitrogens with zero attached hydrogens (tertiary/aromatic N) is 1. The number of hydrogen-bond donors (Lipinski definition) is 2. The standard InChI is InChI=1S/C19H27N3O2/c1-20-19(24)13-22-9-7-17(8-10-22)21-18(23)12-14-5-6-15-3-2-4-16(15)11-14/h5-6,11,17H,2-4,7-10,12-13H2,1H3,(H,20,24)(H,21,23). The number of aryl methyl sites for hydroxylation is 2. The first-order chi connectivity index (χ1) is 11.6. The molecular weight excluding hydrogens is 302 g/mol. The minimum absolute atomic E-state index is 0.0501. The molecular formula is C19H27N3O2. The molecule has 1 aromatic carbocycles. The third-order valence-electron chi connectivity index (χ3n) is 5.13. The number of amides is 2. The lowest BCUT2D eigenvalue weighted by molar-refractivity contribution is -0.123. The van der Waals surface area contributed by atoms with Crippen molar-refractivity contribution >= 4 is 11.8 Å². The number of benzene rings is 1. The second-order valence-corrected chi connectivity index (χ2v) is 6.92. The molecule has 24 heavy (non-hydrogen) atoms. The topological polar surface area (TPSA) is 61.4 Å². The van der Waals surface area contributed by atoms with E-state index < -0.39 is 0 Å². The summed E-state index contributed by atoms with van der Waals surface area (Å²) in [4.78, 5) is 25.8. The highest BCUT2D eigenvalue weighted by Gasteiger charge is 2.22. The Morgan fingerprint density at radius 2 is 1.88 bits per heavy atom. The second kappa shape index (κ2) is 7.79. The van der Waals surface area contributed by atoms with Crippen molar-refractivity contribution in [1.29, 1.82) is 0 Å². The summed E-state index contributed by atoms with van der Waals surface area (Å²) in [5.41, 5.74) is 3.98. The zero-order chi connectivity index (χ0) is 16.9. The lowest BCUT2D eigenvalue weighted by atomic mass is 10.0. The van der Waals surface area contributed by atoms with Crippen LogP contribution in [0.2, 0.25) is 0 Å². The van der Waals surface area contributed by atoms with Gasteiger partial charge in [0.25, 0.3) is 0 Å². The van der Waals surface area contributed by atoms with Gasteiger partial charge in [0.15, 0.2) is 0 Å². The van der Waals surface area contributed by atoms with E-state index in [0.717, 1.165) is 37.9 Å². The first-order valence-corrected chi connectivity index (χ1v) is 8.97. The van der Waals surface area contributed by atoms with Gasteiger partial charge in [-0.1, -0.05) is 18.2 Å². The van der Waals surface area contributed by atoms with E-state index in [1.54, 1.807) is 7.05 Å². The Bertz CT molecular complexity index is 607. The predicted molar refractivity (Wildman–Crippen MR) is 93.8 cm³/mol. The molecule has 0 unspecified atom stereocenters. The Kier molecular flexibility index (Phi) is 5.51. The van der Waals surface area contributed by atoms with E-state index in [9.17, 15) is 9.59 Å². The molecule has 0 spiro atoms. The summed E-state index contributed by atoms with van der Waals surface area (Å²) in [6, 6.07) is 6.71. The number of hydrogen-bond acceptors (Lipinski definition) is 3. The SMILES string of the molecule is CNC(=O)CN1CCC(NC(=O)Cc2ccc3c(c2)CCC3)CC1. The Hall–Kier alpha value is -1.88. The summed E-state index contributed by atoms with van der Waals surface area (Å²) >= 11 is 0. The van der Waals surface area contributed by atoms with Crippen LogP contribution in [-0.2, 0) is 28.9 Å². The fourth-order valence-corrected chi connectivity index (χ4v) is 3.72. The van der Waals surface area contributed by atoms with Gasteiger partial charge in [-0.25, -0.2) is 0 Å². The molecule has 0 saturated carbocycles. The molecule has 1 saturated heterocycles. The van der Waals surface area contributed by atoms with Crippen LogP contribution in [0.4, 0.5) is 0 Å². The van der Waals surface area contributed by atoms with Gasteiger partial charge in [0.2, 0.25) is 11.8 Å². The summed E-state index contributed by atoms with van der Waals surface area (Å²) in [7, 11) is 1.66. The number of nitrogens with one attached hydrogen (secondary N) is 2. The van der Waals surface area contributed by atoms with Crippen molar-refractivity contribution in [2.75, 3.05) is 26.7 Å². The van der Waals surface area contributed by atoms with E-state index >= 15 is 0 Å². The first-order valence-electron chi connectivity index (χ1n) is 8.97. The van der Waals surface area contributed by atoms with Crippen LogP contribution in [0.5, 0.6) is 0 Å².